The molecule has 0 spiro atoms. The highest BCUT2D eigenvalue weighted by Gasteiger charge is 1.98. The Hall–Kier alpha value is -2.21. The number of aromatic nitrogens is 2. The highest BCUT2D eigenvalue weighted by molar-refractivity contribution is 5.60. The standard InChI is InChI=1S/C11H7N3/c12-7-9-2-1-3-10(6-9)11-4-5-13-8-14-11/h1-6,8H. The molecule has 2 rings (SSSR count). The maximum absolute atomic E-state index is 8.73. The summed E-state index contributed by atoms with van der Waals surface area (Å²) < 4.78 is 0. The first-order valence-corrected chi connectivity index (χ1v) is 4.17. The van der Waals surface area contributed by atoms with Gasteiger partial charge in [-0.2, -0.15) is 5.26 Å². The van der Waals surface area contributed by atoms with Crippen LogP contribution in [0.1, 0.15) is 5.56 Å². The third-order valence-electron chi connectivity index (χ3n) is 1.87. The molecule has 1 aromatic carbocycles. The monoisotopic (exact) mass is 181 g/mol. The summed E-state index contributed by atoms with van der Waals surface area (Å²) in [4.78, 5) is 7.94. The quantitative estimate of drug-likeness (QED) is 0.676. The zero-order chi connectivity index (χ0) is 9.80. The lowest BCUT2D eigenvalue weighted by Gasteiger charge is -1.98. The van der Waals surface area contributed by atoms with E-state index in [2.05, 4.69) is 16.0 Å². The average Bonchev–Trinajstić information content (AvgIpc) is 2.30. The van der Waals surface area contributed by atoms with Crippen molar-refractivity contribution in [1.29, 1.82) is 5.26 Å². The highest BCUT2D eigenvalue weighted by atomic mass is 14.8. The molecule has 0 aliphatic rings. The van der Waals surface area contributed by atoms with E-state index in [9.17, 15) is 0 Å². The largest absolute Gasteiger partial charge is 0.245 e. The molecule has 0 saturated carbocycles. The second-order valence-corrected chi connectivity index (χ2v) is 2.79. The summed E-state index contributed by atoms with van der Waals surface area (Å²) in [6.07, 6.45) is 3.18. The van der Waals surface area contributed by atoms with Crippen LogP contribution in [0.4, 0.5) is 0 Å². The van der Waals surface area contributed by atoms with Crippen LogP contribution < -0.4 is 0 Å². The van der Waals surface area contributed by atoms with Crippen molar-refractivity contribution in [3.63, 3.8) is 0 Å². The first-order valence-electron chi connectivity index (χ1n) is 4.17. The fourth-order valence-corrected chi connectivity index (χ4v) is 1.21. The minimum Gasteiger partial charge on any atom is -0.245 e. The molecule has 1 heterocycles. The van der Waals surface area contributed by atoms with E-state index in [-0.39, 0.29) is 0 Å². The molecule has 2 aromatic rings. The summed E-state index contributed by atoms with van der Waals surface area (Å²) >= 11 is 0. The second-order valence-electron chi connectivity index (χ2n) is 2.79. The Bertz CT molecular complexity index is 471. The summed E-state index contributed by atoms with van der Waals surface area (Å²) in [6.45, 7) is 0. The number of hydrogen-bond acceptors (Lipinski definition) is 3. The molecule has 0 radical (unpaired) electrons. The van der Waals surface area contributed by atoms with E-state index < -0.39 is 0 Å². The van der Waals surface area contributed by atoms with Crippen molar-refractivity contribution in [3.8, 4) is 17.3 Å². The topological polar surface area (TPSA) is 49.6 Å². The molecule has 3 heteroatoms. The first kappa shape index (κ1) is 8.39. The van der Waals surface area contributed by atoms with Crippen LogP contribution in [0.2, 0.25) is 0 Å². The molecular weight excluding hydrogens is 174 g/mol. The molecule has 0 fully saturated rings. The minimum atomic E-state index is 0.640. The number of nitriles is 1. The van der Waals surface area contributed by atoms with Gasteiger partial charge in [0.2, 0.25) is 0 Å². The van der Waals surface area contributed by atoms with Gasteiger partial charge >= 0.3 is 0 Å². The molecule has 3 nitrogen and oxygen atoms in total. The van der Waals surface area contributed by atoms with Crippen LogP contribution in [0.5, 0.6) is 0 Å². The van der Waals surface area contributed by atoms with Crippen LogP contribution in [0.25, 0.3) is 11.3 Å². The van der Waals surface area contributed by atoms with Crippen molar-refractivity contribution < 1.29 is 0 Å². The van der Waals surface area contributed by atoms with Gasteiger partial charge in [0.25, 0.3) is 0 Å². The SMILES string of the molecule is N#Cc1cccc(-c2ccncn2)c1. The predicted octanol–water partition coefficient (Wildman–Crippen LogP) is 2.02. The van der Waals surface area contributed by atoms with Crippen molar-refractivity contribution in [2.24, 2.45) is 0 Å². The van der Waals surface area contributed by atoms with Gasteiger partial charge in [-0.1, -0.05) is 12.1 Å². The summed E-state index contributed by atoms with van der Waals surface area (Å²) in [5.41, 5.74) is 2.41. The summed E-state index contributed by atoms with van der Waals surface area (Å²) in [5.74, 6) is 0. The highest BCUT2D eigenvalue weighted by Crippen LogP contribution is 2.16. The normalized spacial score (nSPS) is 9.36. The maximum atomic E-state index is 8.73. The molecule has 0 unspecified atom stereocenters. The van der Waals surface area contributed by atoms with Gasteiger partial charge in [-0.25, -0.2) is 9.97 Å². The van der Waals surface area contributed by atoms with Crippen LogP contribution in [-0.4, -0.2) is 9.97 Å². The Balaban J connectivity index is 2.49. The smallest absolute Gasteiger partial charge is 0.116 e. The predicted molar refractivity (Wildman–Crippen MR) is 52.2 cm³/mol. The van der Waals surface area contributed by atoms with Crippen molar-refractivity contribution in [1.82, 2.24) is 9.97 Å². The van der Waals surface area contributed by atoms with Crippen molar-refractivity contribution in [2.45, 2.75) is 0 Å². The van der Waals surface area contributed by atoms with Gasteiger partial charge in [-0.05, 0) is 18.2 Å². The molecule has 0 amide bonds. The van der Waals surface area contributed by atoms with Gasteiger partial charge in [-0.3, -0.25) is 0 Å². The van der Waals surface area contributed by atoms with Crippen LogP contribution in [0.3, 0.4) is 0 Å². The fraction of sp³-hybridized carbons (Fsp3) is 0. The second kappa shape index (κ2) is 3.67. The molecule has 1 aromatic heterocycles. The summed E-state index contributed by atoms with van der Waals surface area (Å²) in [5, 5.41) is 8.73. The zero-order valence-corrected chi connectivity index (χ0v) is 7.38. The van der Waals surface area contributed by atoms with Crippen LogP contribution in [-0.2, 0) is 0 Å². The number of benzene rings is 1. The maximum Gasteiger partial charge on any atom is 0.116 e. The van der Waals surface area contributed by atoms with Crippen molar-refractivity contribution >= 4 is 0 Å². The average molecular weight is 181 g/mol. The molecule has 0 aliphatic heterocycles. The van der Waals surface area contributed by atoms with Gasteiger partial charge < -0.3 is 0 Å². The molecule has 0 atom stereocenters. The van der Waals surface area contributed by atoms with E-state index in [4.69, 9.17) is 5.26 Å². The number of hydrogen-bond donors (Lipinski definition) is 0. The Morgan fingerprint density at radius 1 is 1.21 bits per heavy atom. The van der Waals surface area contributed by atoms with E-state index >= 15 is 0 Å². The summed E-state index contributed by atoms with van der Waals surface area (Å²) in [7, 11) is 0. The van der Waals surface area contributed by atoms with Crippen molar-refractivity contribution in [3.05, 3.63) is 48.4 Å². The molecular formula is C11H7N3. The van der Waals surface area contributed by atoms with Gasteiger partial charge in [-0.15, -0.1) is 0 Å². The Morgan fingerprint density at radius 3 is 2.86 bits per heavy atom. The molecule has 0 N–H and O–H groups in total. The minimum absolute atomic E-state index is 0.640. The van der Waals surface area contributed by atoms with Crippen LogP contribution in [0.15, 0.2) is 42.9 Å². The molecule has 0 bridgehead atoms. The lowest BCUT2D eigenvalue weighted by Crippen LogP contribution is -1.84. The molecule has 0 aliphatic carbocycles. The third-order valence-corrected chi connectivity index (χ3v) is 1.87. The van der Waals surface area contributed by atoms with E-state index in [1.165, 1.54) is 6.33 Å². The van der Waals surface area contributed by atoms with E-state index in [0.717, 1.165) is 11.3 Å². The molecule has 14 heavy (non-hydrogen) atoms. The fourth-order valence-electron chi connectivity index (χ4n) is 1.21. The Labute approximate surface area is 81.7 Å². The Morgan fingerprint density at radius 2 is 2.14 bits per heavy atom. The molecule has 0 saturated heterocycles. The van der Waals surface area contributed by atoms with E-state index in [1.807, 2.05) is 24.3 Å². The van der Waals surface area contributed by atoms with Gasteiger partial charge in [0, 0.05) is 11.8 Å². The zero-order valence-electron chi connectivity index (χ0n) is 7.38. The Kier molecular flexibility index (Phi) is 2.20. The van der Waals surface area contributed by atoms with Crippen molar-refractivity contribution in [2.75, 3.05) is 0 Å². The van der Waals surface area contributed by atoms with Crippen LogP contribution >= 0.6 is 0 Å². The number of nitrogens with zero attached hydrogens (tertiary/aromatic N) is 3. The van der Waals surface area contributed by atoms with Crippen LogP contribution in [0, 0.1) is 11.3 Å². The van der Waals surface area contributed by atoms with E-state index in [1.54, 1.807) is 12.3 Å². The summed E-state index contributed by atoms with van der Waals surface area (Å²) in [6, 6.07) is 11.2. The number of rotatable bonds is 1. The van der Waals surface area contributed by atoms with Gasteiger partial charge in [0.1, 0.15) is 6.33 Å². The first-order chi connectivity index (χ1) is 6.90. The third kappa shape index (κ3) is 1.59. The van der Waals surface area contributed by atoms with Gasteiger partial charge in [0.05, 0.1) is 17.3 Å². The van der Waals surface area contributed by atoms with E-state index in [0.29, 0.717) is 5.56 Å². The lowest BCUT2D eigenvalue weighted by molar-refractivity contribution is 1.17. The van der Waals surface area contributed by atoms with Gasteiger partial charge in [0.15, 0.2) is 0 Å². The molecule has 66 valence electrons. The lowest BCUT2D eigenvalue weighted by atomic mass is 10.1.